The fourth-order valence-electron chi connectivity index (χ4n) is 3.63. The minimum atomic E-state index is -1.52. The summed E-state index contributed by atoms with van der Waals surface area (Å²) in [5.74, 6) is -1.06. The lowest BCUT2D eigenvalue weighted by Crippen LogP contribution is -2.43. The van der Waals surface area contributed by atoms with Crippen molar-refractivity contribution in [3.63, 3.8) is 0 Å². The molecule has 0 aliphatic carbocycles. The Morgan fingerprint density at radius 2 is 1.58 bits per heavy atom. The third-order valence-electron chi connectivity index (χ3n) is 5.34. The van der Waals surface area contributed by atoms with E-state index >= 15 is 0 Å². The lowest BCUT2D eigenvalue weighted by Gasteiger charge is -2.11. The number of hydrogen-bond donors (Lipinski definition) is 4. The van der Waals surface area contributed by atoms with Crippen molar-refractivity contribution in [2.45, 2.75) is 0 Å². The topological polar surface area (TPSA) is 178 Å². The van der Waals surface area contributed by atoms with Crippen LogP contribution in [-0.2, 0) is 0 Å². The second-order valence-electron chi connectivity index (χ2n) is 7.71. The Morgan fingerprint density at radius 1 is 0.921 bits per heavy atom. The highest BCUT2D eigenvalue weighted by Crippen LogP contribution is 2.35. The predicted molar refractivity (Wildman–Crippen MR) is 135 cm³/mol. The van der Waals surface area contributed by atoms with Gasteiger partial charge in [-0.05, 0) is 29.8 Å². The summed E-state index contributed by atoms with van der Waals surface area (Å²) >= 11 is 0. The Hall–Kier alpha value is -5.72. The molecule has 0 aliphatic heterocycles. The molecule has 3 amide bonds. The van der Waals surface area contributed by atoms with Crippen molar-refractivity contribution in [1.82, 2.24) is 20.7 Å². The second kappa shape index (κ2) is 10.9. The van der Waals surface area contributed by atoms with Crippen LogP contribution < -0.4 is 21.0 Å². The van der Waals surface area contributed by atoms with Gasteiger partial charge in [0.2, 0.25) is 0 Å². The van der Waals surface area contributed by atoms with Gasteiger partial charge in [-0.2, -0.15) is 9.89 Å². The molecule has 0 bridgehead atoms. The van der Waals surface area contributed by atoms with Gasteiger partial charge in [-0.3, -0.25) is 30.6 Å². The summed E-state index contributed by atoms with van der Waals surface area (Å²) in [4.78, 5) is 49.0. The monoisotopic (exact) mass is 516 g/mol. The molecule has 0 saturated carbocycles. The number of ether oxygens (including phenoxy) is 1. The molecule has 0 fully saturated rings. The van der Waals surface area contributed by atoms with Gasteiger partial charge in [0.15, 0.2) is 5.69 Å². The molecule has 0 spiro atoms. The van der Waals surface area contributed by atoms with Crippen molar-refractivity contribution in [3.05, 3.63) is 100 Å². The summed E-state index contributed by atoms with van der Waals surface area (Å²) in [6.45, 7) is 0. The summed E-state index contributed by atoms with van der Waals surface area (Å²) in [6.07, 6.45) is -1.52. The van der Waals surface area contributed by atoms with E-state index < -0.39 is 22.8 Å². The maximum atomic E-state index is 13.4. The van der Waals surface area contributed by atoms with E-state index in [4.69, 9.17) is 4.74 Å². The van der Waals surface area contributed by atoms with Crippen LogP contribution in [-0.4, -0.2) is 44.9 Å². The number of hydrazine groups is 1. The maximum Gasteiger partial charge on any atom is 0.425 e. The quantitative estimate of drug-likeness (QED) is 0.213. The van der Waals surface area contributed by atoms with Crippen LogP contribution >= 0.6 is 0 Å². The smallest absolute Gasteiger partial charge is 0.425 e. The SMILES string of the molecule is COc1ccc(C(=O)NNC(=O)c2c(-c3cccc([N+](=O)[O-])c3)c(-c3ccccc3)nn2NC(=O)O)cc1. The Labute approximate surface area is 214 Å². The first-order valence-corrected chi connectivity index (χ1v) is 11.0. The van der Waals surface area contributed by atoms with Gasteiger partial charge in [0, 0.05) is 28.8 Å². The number of nitrogens with zero attached hydrogens (tertiary/aromatic N) is 3. The zero-order valence-corrected chi connectivity index (χ0v) is 19.7. The minimum Gasteiger partial charge on any atom is -0.497 e. The molecule has 0 unspecified atom stereocenters. The van der Waals surface area contributed by atoms with Crippen LogP contribution in [0.15, 0.2) is 78.9 Å². The van der Waals surface area contributed by atoms with Crippen LogP contribution in [0, 0.1) is 10.1 Å². The Morgan fingerprint density at radius 3 is 2.21 bits per heavy atom. The first kappa shape index (κ1) is 25.4. The molecular formula is C25H20N6O7. The van der Waals surface area contributed by atoms with Crippen molar-refractivity contribution < 1.29 is 29.2 Å². The van der Waals surface area contributed by atoms with Crippen LogP contribution in [0.3, 0.4) is 0 Å². The van der Waals surface area contributed by atoms with E-state index in [-0.39, 0.29) is 33.8 Å². The number of benzene rings is 3. The Kier molecular flexibility index (Phi) is 7.28. The highest BCUT2D eigenvalue weighted by molar-refractivity contribution is 6.05. The average molecular weight is 516 g/mol. The number of nitro benzene ring substituents is 1. The van der Waals surface area contributed by atoms with E-state index in [1.165, 1.54) is 43.5 Å². The molecular weight excluding hydrogens is 496 g/mol. The summed E-state index contributed by atoms with van der Waals surface area (Å²) < 4.78 is 5.06. The first-order chi connectivity index (χ1) is 18.3. The van der Waals surface area contributed by atoms with Gasteiger partial charge in [-0.15, -0.1) is 0 Å². The number of carboxylic acid groups (broad SMARTS) is 1. The number of methoxy groups -OCH3 is 1. The van der Waals surface area contributed by atoms with Gasteiger partial charge in [0.1, 0.15) is 11.4 Å². The molecule has 13 nitrogen and oxygen atoms in total. The van der Waals surface area contributed by atoms with Crippen molar-refractivity contribution in [2.75, 3.05) is 12.5 Å². The number of aromatic nitrogens is 2. The largest absolute Gasteiger partial charge is 0.497 e. The number of nitro groups is 1. The molecule has 38 heavy (non-hydrogen) atoms. The number of non-ortho nitro benzene ring substituents is 1. The molecule has 0 aliphatic rings. The lowest BCUT2D eigenvalue weighted by molar-refractivity contribution is -0.384. The highest BCUT2D eigenvalue weighted by Gasteiger charge is 2.28. The normalized spacial score (nSPS) is 10.3. The molecule has 1 aromatic heterocycles. The molecule has 0 atom stereocenters. The van der Waals surface area contributed by atoms with Crippen molar-refractivity contribution in [3.8, 4) is 28.1 Å². The van der Waals surface area contributed by atoms with Crippen LogP contribution in [0.5, 0.6) is 5.75 Å². The van der Waals surface area contributed by atoms with Crippen molar-refractivity contribution in [2.24, 2.45) is 0 Å². The zero-order valence-electron chi connectivity index (χ0n) is 19.7. The van der Waals surface area contributed by atoms with Gasteiger partial charge in [0.25, 0.3) is 17.5 Å². The molecule has 0 saturated heterocycles. The number of carbonyl (C=O) groups excluding carboxylic acids is 2. The maximum absolute atomic E-state index is 13.4. The second-order valence-corrected chi connectivity index (χ2v) is 7.71. The molecule has 3 aromatic carbocycles. The molecule has 4 aromatic rings. The molecule has 13 heteroatoms. The number of hydrogen-bond acceptors (Lipinski definition) is 7. The van der Waals surface area contributed by atoms with Crippen LogP contribution in [0.2, 0.25) is 0 Å². The van der Waals surface area contributed by atoms with Crippen LogP contribution in [0.4, 0.5) is 10.5 Å². The van der Waals surface area contributed by atoms with Gasteiger partial charge >= 0.3 is 6.09 Å². The molecule has 4 rings (SSSR count). The summed E-state index contributed by atoms with van der Waals surface area (Å²) in [5, 5.41) is 25.1. The number of carbonyl (C=O) groups is 3. The molecule has 1 heterocycles. The number of amides is 3. The van der Waals surface area contributed by atoms with Gasteiger partial charge in [0.05, 0.1) is 12.0 Å². The number of rotatable bonds is 7. The minimum absolute atomic E-state index is 0.102. The van der Waals surface area contributed by atoms with Gasteiger partial charge in [-0.1, -0.05) is 42.5 Å². The van der Waals surface area contributed by atoms with Gasteiger partial charge < -0.3 is 9.84 Å². The third-order valence-corrected chi connectivity index (χ3v) is 5.34. The van der Waals surface area contributed by atoms with E-state index in [0.29, 0.717) is 11.3 Å². The van der Waals surface area contributed by atoms with E-state index in [1.54, 1.807) is 42.5 Å². The zero-order chi connectivity index (χ0) is 27.2. The number of nitrogens with one attached hydrogen (secondary N) is 3. The molecule has 4 N–H and O–H groups in total. The predicted octanol–water partition coefficient (Wildman–Crippen LogP) is 3.43. The Balaban J connectivity index is 1.79. The van der Waals surface area contributed by atoms with Crippen LogP contribution in [0.1, 0.15) is 20.8 Å². The fraction of sp³-hybridized carbons (Fsp3) is 0.0400. The molecule has 192 valence electrons. The first-order valence-electron chi connectivity index (χ1n) is 11.0. The summed E-state index contributed by atoms with van der Waals surface area (Å²) in [7, 11) is 1.48. The summed E-state index contributed by atoms with van der Waals surface area (Å²) in [6, 6.07) is 20.1. The van der Waals surface area contributed by atoms with Gasteiger partial charge in [-0.25, -0.2) is 10.2 Å². The third kappa shape index (κ3) is 5.41. The van der Waals surface area contributed by atoms with Crippen molar-refractivity contribution in [1.29, 1.82) is 0 Å². The van der Waals surface area contributed by atoms with Crippen molar-refractivity contribution >= 4 is 23.6 Å². The Bertz CT molecular complexity index is 1520. The average Bonchev–Trinajstić information content (AvgIpc) is 3.30. The van der Waals surface area contributed by atoms with E-state index in [9.17, 15) is 29.6 Å². The molecule has 0 radical (unpaired) electrons. The highest BCUT2D eigenvalue weighted by atomic mass is 16.6. The van der Waals surface area contributed by atoms with E-state index in [1.807, 2.05) is 5.43 Å². The fourth-order valence-corrected chi connectivity index (χ4v) is 3.63. The lowest BCUT2D eigenvalue weighted by atomic mass is 9.98. The van der Waals surface area contributed by atoms with E-state index in [2.05, 4.69) is 16.0 Å². The van der Waals surface area contributed by atoms with E-state index in [0.717, 1.165) is 4.79 Å². The standard InChI is InChI=1S/C25H20N6O7/c1-38-19-12-10-16(11-13-19)23(32)26-27-24(33)22-20(17-8-5-9-18(14-17)31(36)37)21(15-6-3-2-4-7-15)28-30(22)29-25(34)35/h2-14,29H,1H3,(H,26,32)(H,27,33)(H,34,35). The van der Waals surface area contributed by atoms with Crippen LogP contribution in [0.25, 0.3) is 22.4 Å². The summed E-state index contributed by atoms with van der Waals surface area (Å²) in [5.41, 5.74) is 7.20.